The van der Waals surface area contributed by atoms with Crippen LogP contribution in [0.25, 0.3) is 0 Å². The van der Waals surface area contributed by atoms with E-state index in [-0.39, 0.29) is 11.4 Å². The van der Waals surface area contributed by atoms with Gasteiger partial charge in [0.2, 0.25) is 0 Å². The zero-order valence-corrected chi connectivity index (χ0v) is 11.2. The van der Waals surface area contributed by atoms with E-state index in [2.05, 4.69) is 19.9 Å². The molecular formula is C11H12N4O3S. The van der Waals surface area contributed by atoms with Crippen LogP contribution in [0.15, 0.2) is 6.07 Å². The summed E-state index contributed by atoms with van der Waals surface area (Å²) in [5.74, 6) is -1.52. The van der Waals surface area contributed by atoms with Crippen LogP contribution in [0.2, 0.25) is 0 Å². The highest BCUT2D eigenvalue weighted by Gasteiger charge is 2.19. The minimum atomic E-state index is -1.12. The zero-order chi connectivity index (χ0) is 14.0. The number of hydrogen-bond acceptors (Lipinski definition) is 5. The molecule has 3 N–H and O–H groups in total. The van der Waals surface area contributed by atoms with Gasteiger partial charge in [0.25, 0.3) is 5.91 Å². The Bertz CT molecular complexity index is 632. The number of anilines is 1. The Kier molecular flexibility index (Phi) is 3.61. The summed E-state index contributed by atoms with van der Waals surface area (Å²) in [6.45, 7) is 3.59. The number of amides is 1. The van der Waals surface area contributed by atoms with Crippen LogP contribution in [0.1, 0.15) is 38.5 Å². The van der Waals surface area contributed by atoms with Crippen LogP contribution in [-0.4, -0.2) is 31.6 Å². The Hall–Kier alpha value is -2.22. The van der Waals surface area contributed by atoms with Gasteiger partial charge in [-0.2, -0.15) is 0 Å². The molecule has 2 aromatic rings. The monoisotopic (exact) mass is 280 g/mol. The number of hydrogen-bond donors (Lipinski definition) is 3. The van der Waals surface area contributed by atoms with Crippen molar-refractivity contribution in [3.05, 3.63) is 28.0 Å². The average Bonchev–Trinajstić information content (AvgIpc) is 2.95. The number of aromatic nitrogens is 3. The molecule has 1 amide bonds. The van der Waals surface area contributed by atoms with Crippen molar-refractivity contribution in [2.24, 2.45) is 0 Å². The molecule has 0 radical (unpaired) electrons. The van der Waals surface area contributed by atoms with Crippen LogP contribution in [0.5, 0.6) is 0 Å². The number of aromatic amines is 1. The first-order valence-electron chi connectivity index (χ1n) is 5.58. The minimum Gasteiger partial charge on any atom is -0.477 e. The largest absolute Gasteiger partial charge is 0.477 e. The molecule has 2 aromatic heterocycles. The SMILES string of the molecule is CCc1nnsc1C(=O)Nc1cc(C)[nH]c1C(=O)O. The van der Waals surface area contributed by atoms with E-state index in [4.69, 9.17) is 5.11 Å². The highest BCUT2D eigenvalue weighted by atomic mass is 32.1. The minimum absolute atomic E-state index is 0.0404. The summed E-state index contributed by atoms with van der Waals surface area (Å²) in [4.78, 5) is 26.2. The third kappa shape index (κ3) is 2.63. The number of nitrogens with one attached hydrogen (secondary N) is 2. The van der Waals surface area contributed by atoms with E-state index in [0.29, 0.717) is 22.7 Å². The van der Waals surface area contributed by atoms with E-state index >= 15 is 0 Å². The molecule has 19 heavy (non-hydrogen) atoms. The number of carboxylic acid groups (broad SMARTS) is 1. The summed E-state index contributed by atoms with van der Waals surface area (Å²) in [6.07, 6.45) is 0.594. The summed E-state index contributed by atoms with van der Waals surface area (Å²) in [5.41, 5.74) is 1.46. The zero-order valence-electron chi connectivity index (χ0n) is 10.4. The van der Waals surface area contributed by atoms with Crippen LogP contribution >= 0.6 is 11.5 Å². The number of carboxylic acids is 1. The smallest absolute Gasteiger partial charge is 0.354 e. The van der Waals surface area contributed by atoms with E-state index in [1.165, 1.54) is 0 Å². The maximum atomic E-state index is 12.1. The second kappa shape index (κ2) is 5.19. The molecule has 0 aliphatic heterocycles. The summed E-state index contributed by atoms with van der Waals surface area (Å²) >= 11 is 0.992. The fourth-order valence-electron chi connectivity index (χ4n) is 1.65. The molecular weight excluding hydrogens is 268 g/mol. The number of carbonyl (C=O) groups excluding carboxylic acids is 1. The first kappa shape index (κ1) is 13.2. The van der Waals surface area contributed by atoms with Crippen LogP contribution in [0.3, 0.4) is 0 Å². The highest BCUT2D eigenvalue weighted by Crippen LogP contribution is 2.19. The van der Waals surface area contributed by atoms with Crippen molar-refractivity contribution in [2.75, 3.05) is 5.32 Å². The number of H-pyrrole nitrogens is 1. The summed E-state index contributed by atoms with van der Waals surface area (Å²) < 4.78 is 3.73. The van der Waals surface area contributed by atoms with Gasteiger partial charge in [0.1, 0.15) is 10.6 Å². The van der Waals surface area contributed by atoms with Gasteiger partial charge in [0.05, 0.1) is 11.4 Å². The fraction of sp³-hybridized carbons (Fsp3) is 0.273. The van der Waals surface area contributed by atoms with E-state index in [1.54, 1.807) is 13.0 Å². The summed E-state index contributed by atoms with van der Waals surface area (Å²) in [5, 5.41) is 15.4. The van der Waals surface area contributed by atoms with E-state index in [0.717, 1.165) is 11.5 Å². The van der Waals surface area contributed by atoms with Gasteiger partial charge in [0.15, 0.2) is 0 Å². The van der Waals surface area contributed by atoms with Gasteiger partial charge in [0, 0.05) is 5.69 Å². The number of aromatic carboxylic acids is 1. The van der Waals surface area contributed by atoms with Crippen molar-refractivity contribution < 1.29 is 14.7 Å². The normalized spacial score (nSPS) is 10.4. The Balaban J connectivity index is 2.26. The van der Waals surface area contributed by atoms with Crippen molar-refractivity contribution in [3.63, 3.8) is 0 Å². The van der Waals surface area contributed by atoms with Gasteiger partial charge in [-0.15, -0.1) is 5.10 Å². The van der Waals surface area contributed by atoms with Crippen LogP contribution < -0.4 is 5.32 Å². The lowest BCUT2D eigenvalue weighted by atomic mass is 10.2. The molecule has 2 heterocycles. The summed E-state index contributed by atoms with van der Waals surface area (Å²) in [7, 11) is 0. The van der Waals surface area contributed by atoms with Crippen LogP contribution in [0.4, 0.5) is 5.69 Å². The van der Waals surface area contributed by atoms with Crippen LogP contribution in [-0.2, 0) is 6.42 Å². The molecule has 7 nitrogen and oxygen atoms in total. The van der Waals surface area contributed by atoms with Gasteiger partial charge in [-0.25, -0.2) is 4.79 Å². The first-order chi connectivity index (χ1) is 9.02. The lowest BCUT2D eigenvalue weighted by Crippen LogP contribution is -2.14. The molecule has 0 bridgehead atoms. The molecule has 0 unspecified atom stereocenters. The van der Waals surface area contributed by atoms with Crippen molar-refractivity contribution in [2.45, 2.75) is 20.3 Å². The Morgan fingerprint density at radius 2 is 2.26 bits per heavy atom. The van der Waals surface area contributed by atoms with E-state index in [1.807, 2.05) is 6.92 Å². The molecule has 0 fully saturated rings. The maximum absolute atomic E-state index is 12.1. The standard InChI is InChI=1S/C11H12N4O3S/c1-3-6-9(19-15-14-6)10(16)13-7-4-5(2)12-8(7)11(17)18/h4,12H,3H2,1-2H3,(H,13,16)(H,17,18). The van der Waals surface area contributed by atoms with Crippen molar-refractivity contribution in [1.29, 1.82) is 0 Å². The predicted molar refractivity (Wildman–Crippen MR) is 69.7 cm³/mol. The number of rotatable bonds is 4. The molecule has 8 heteroatoms. The van der Waals surface area contributed by atoms with Crippen molar-refractivity contribution in [3.8, 4) is 0 Å². The highest BCUT2D eigenvalue weighted by molar-refractivity contribution is 7.08. The van der Waals surface area contributed by atoms with E-state index in [9.17, 15) is 9.59 Å². The third-order valence-electron chi connectivity index (χ3n) is 2.51. The molecule has 0 atom stereocenters. The van der Waals surface area contributed by atoms with Gasteiger partial charge < -0.3 is 15.4 Å². The molecule has 0 saturated carbocycles. The Morgan fingerprint density at radius 3 is 2.89 bits per heavy atom. The lowest BCUT2D eigenvalue weighted by molar-refractivity contribution is 0.0692. The first-order valence-corrected chi connectivity index (χ1v) is 6.35. The number of nitrogens with zero attached hydrogens (tertiary/aromatic N) is 2. The average molecular weight is 280 g/mol. The van der Waals surface area contributed by atoms with Crippen molar-refractivity contribution in [1.82, 2.24) is 14.6 Å². The number of carbonyl (C=O) groups is 2. The Labute approximate surface area is 112 Å². The molecule has 0 aromatic carbocycles. The maximum Gasteiger partial charge on any atom is 0.354 e. The molecule has 100 valence electrons. The molecule has 0 saturated heterocycles. The molecule has 0 spiro atoms. The van der Waals surface area contributed by atoms with Gasteiger partial charge in [-0.1, -0.05) is 11.4 Å². The topological polar surface area (TPSA) is 108 Å². The quantitative estimate of drug-likeness (QED) is 0.789. The summed E-state index contributed by atoms with van der Waals surface area (Å²) in [6, 6.07) is 1.57. The van der Waals surface area contributed by atoms with Gasteiger partial charge >= 0.3 is 5.97 Å². The predicted octanol–water partition coefficient (Wildman–Crippen LogP) is 1.69. The Morgan fingerprint density at radius 1 is 1.53 bits per heavy atom. The van der Waals surface area contributed by atoms with Crippen LogP contribution in [0, 0.1) is 6.92 Å². The van der Waals surface area contributed by atoms with Gasteiger partial charge in [-0.05, 0) is 30.9 Å². The third-order valence-corrected chi connectivity index (χ3v) is 3.28. The molecule has 0 aliphatic rings. The van der Waals surface area contributed by atoms with E-state index < -0.39 is 11.9 Å². The lowest BCUT2D eigenvalue weighted by Gasteiger charge is -2.02. The second-order valence-corrected chi connectivity index (χ2v) is 4.66. The molecule has 2 rings (SSSR count). The number of aryl methyl sites for hydroxylation is 2. The fourth-order valence-corrected chi connectivity index (χ4v) is 2.29. The van der Waals surface area contributed by atoms with Crippen molar-refractivity contribution >= 4 is 29.1 Å². The molecule has 0 aliphatic carbocycles. The van der Waals surface area contributed by atoms with Gasteiger partial charge in [-0.3, -0.25) is 4.79 Å². The second-order valence-electron chi connectivity index (χ2n) is 3.90.